The highest BCUT2D eigenvalue weighted by Gasteiger charge is 2.10. The van der Waals surface area contributed by atoms with Gasteiger partial charge in [0.25, 0.3) is 9.76 Å². The first-order valence-electron chi connectivity index (χ1n) is 4.72. The lowest BCUT2D eigenvalue weighted by atomic mass is 9.96. The average molecular weight is 192 g/mol. The number of benzene rings is 1. The van der Waals surface area contributed by atoms with E-state index >= 15 is 0 Å². The van der Waals surface area contributed by atoms with Crippen LogP contribution in [-0.4, -0.2) is 14.6 Å². The monoisotopic (exact) mass is 192 g/mol. The Morgan fingerprint density at radius 3 is 2.54 bits per heavy atom. The maximum atomic E-state index is 9.22. The van der Waals surface area contributed by atoms with Gasteiger partial charge in [-0.15, -0.1) is 0 Å². The Kier molecular flexibility index (Phi) is 3.69. The first-order chi connectivity index (χ1) is 6.20. The molecule has 0 aromatic heterocycles. The number of hydrogen-bond donors (Lipinski definition) is 1. The van der Waals surface area contributed by atoms with Crippen molar-refractivity contribution in [2.75, 3.05) is 0 Å². The molecule has 0 amide bonds. The second-order valence-electron chi connectivity index (χ2n) is 3.50. The molecule has 2 radical (unpaired) electrons. The van der Waals surface area contributed by atoms with Gasteiger partial charge >= 0.3 is 0 Å². The molecule has 1 N–H and O–H groups in total. The SMILES string of the molecule is CCc1cccc([Si]O)c1C(C)C. The Morgan fingerprint density at radius 1 is 1.38 bits per heavy atom. The molecule has 0 heterocycles. The summed E-state index contributed by atoms with van der Waals surface area (Å²) in [5.41, 5.74) is 2.71. The van der Waals surface area contributed by atoms with Crippen molar-refractivity contribution in [3.05, 3.63) is 29.3 Å². The molecule has 0 unspecified atom stereocenters. The molecule has 0 atom stereocenters. The third kappa shape index (κ3) is 2.20. The van der Waals surface area contributed by atoms with Crippen LogP contribution >= 0.6 is 0 Å². The topological polar surface area (TPSA) is 20.2 Å². The molecular formula is C11H16OSi. The second-order valence-corrected chi connectivity index (χ2v) is 4.26. The van der Waals surface area contributed by atoms with Gasteiger partial charge in [-0.25, -0.2) is 0 Å². The molecule has 0 aliphatic rings. The molecular weight excluding hydrogens is 176 g/mol. The van der Waals surface area contributed by atoms with Crippen LogP contribution in [0.1, 0.15) is 37.8 Å². The summed E-state index contributed by atoms with van der Waals surface area (Å²) in [6, 6.07) is 6.20. The zero-order valence-corrected chi connectivity index (χ0v) is 9.46. The van der Waals surface area contributed by atoms with Gasteiger partial charge in [0.15, 0.2) is 0 Å². The fourth-order valence-corrected chi connectivity index (χ4v) is 2.44. The highest BCUT2D eigenvalue weighted by molar-refractivity contribution is 6.46. The second kappa shape index (κ2) is 4.58. The van der Waals surface area contributed by atoms with E-state index in [1.807, 2.05) is 12.1 Å². The minimum atomic E-state index is -0.0789. The first-order valence-corrected chi connectivity index (χ1v) is 5.67. The van der Waals surface area contributed by atoms with Gasteiger partial charge in [0, 0.05) is 0 Å². The lowest BCUT2D eigenvalue weighted by molar-refractivity contribution is 0.614. The van der Waals surface area contributed by atoms with Crippen LogP contribution in [0.4, 0.5) is 0 Å². The van der Waals surface area contributed by atoms with Gasteiger partial charge in [-0.1, -0.05) is 39.0 Å². The molecule has 0 spiro atoms. The van der Waals surface area contributed by atoms with Crippen LogP contribution < -0.4 is 5.19 Å². The van der Waals surface area contributed by atoms with Gasteiger partial charge in [0.1, 0.15) is 0 Å². The van der Waals surface area contributed by atoms with Gasteiger partial charge in [-0.2, -0.15) is 0 Å². The van der Waals surface area contributed by atoms with Crippen molar-refractivity contribution >= 4 is 14.9 Å². The Morgan fingerprint density at radius 2 is 2.08 bits per heavy atom. The highest BCUT2D eigenvalue weighted by atomic mass is 28.2. The van der Waals surface area contributed by atoms with Crippen molar-refractivity contribution in [2.45, 2.75) is 33.1 Å². The molecule has 0 aliphatic carbocycles. The largest absolute Gasteiger partial charge is 0.428 e. The van der Waals surface area contributed by atoms with E-state index in [0.29, 0.717) is 5.92 Å². The smallest absolute Gasteiger partial charge is 0.265 e. The van der Waals surface area contributed by atoms with Crippen molar-refractivity contribution in [3.63, 3.8) is 0 Å². The predicted octanol–water partition coefficient (Wildman–Crippen LogP) is 1.61. The molecule has 13 heavy (non-hydrogen) atoms. The number of rotatable bonds is 3. The van der Waals surface area contributed by atoms with E-state index in [1.165, 1.54) is 11.1 Å². The maximum absolute atomic E-state index is 9.22. The fourth-order valence-electron chi connectivity index (χ4n) is 1.70. The van der Waals surface area contributed by atoms with Gasteiger partial charge in [-0.05, 0) is 28.7 Å². The van der Waals surface area contributed by atoms with Gasteiger partial charge in [0.2, 0.25) is 0 Å². The Bertz CT molecular complexity index is 259. The van der Waals surface area contributed by atoms with Crippen LogP contribution in [0.15, 0.2) is 18.2 Å². The van der Waals surface area contributed by atoms with Crippen molar-refractivity contribution in [1.29, 1.82) is 0 Å². The van der Waals surface area contributed by atoms with Crippen LogP contribution in [-0.2, 0) is 6.42 Å². The summed E-state index contributed by atoms with van der Waals surface area (Å²) in [5, 5.41) is 1.11. The molecule has 1 aromatic rings. The minimum Gasteiger partial charge on any atom is -0.428 e. The number of hydrogen-bond acceptors (Lipinski definition) is 1. The van der Waals surface area contributed by atoms with Crippen molar-refractivity contribution in [2.24, 2.45) is 0 Å². The van der Waals surface area contributed by atoms with E-state index in [9.17, 15) is 4.80 Å². The standard InChI is InChI=1S/C11H16OSi/c1-4-9-6-5-7-10(13-12)11(9)8(2)3/h5-8,12H,4H2,1-3H3. The van der Waals surface area contributed by atoms with Crippen LogP contribution in [0, 0.1) is 0 Å². The summed E-state index contributed by atoms with van der Waals surface area (Å²) in [4.78, 5) is 9.22. The molecule has 1 rings (SSSR count). The molecule has 0 aliphatic heterocycles. The van der Waals surface area contributed by atoms with E-state index < -0.39 is 0 Å². The normalized spacial score (nSPS) is 10.8. The highest BCUT2D eigenvalue weighted by Crippen LogP contribution is 2.17. The van der Waals surface area contributed by atoms with E-state index in [0.717, 1.165) is 11.6 Å². The average Bonchev–Trinajstić information content (AvgIpc) is 2.16. The van der Waals surface area contributed by atoms with Crippen molar-refractivity contribution in [1.82, 2.24) is 0 Å². The van der Waals surface area contributed by atoms with E-state index in [2.05, 4.69) is 26.8 Å². The van der Waals surface area contributed by atoms with E-state index in [1.54, 1.807) is 0 Å². The summed E-state index contributed by atoms with van der Waals surface area (Å²) in [7, 11) is -0.0789. The molecule has 70 valence electrons. The van der Waals surface area contributed by atoms with Crippen LogP contribution in [0.5, 0.6) is 0 Å². The summed E-state index contributed by atoms with van der Waals surface area (Å²) < 4.78 is 0. The number of aryl methyl sites for hydroxylation is 1. The lowest BCUT2D eigenvalue weighted by Crippen LogP contribution is -2.21. The van der Waals surface area contributed by atoms with Crippen molar-refractivity contribution < 1.29 is 4.80 Å². The quantitative estimate of drug-likeness (QED) is 0.721. The predicted molar refractivity (Wildman–Crippen MR) is 57.5 cm³/mol. The van der Waals surface area contributed by atoms with Gasteiger partial charge in [-0.3, -0.25) is 0 Å². The molecule has 2 heteroatoms. The zero-order valence-electron chi connectivity index (χ0n) is 8.46. The van der Waals surface area contributed by atoms with Gasteiger partial charge < -0.3 is 4.80 Å². The summed E-state index contributed by atoms with van der Waals surface area (Å²) in [6.45, 7) is 6.52. The first kappa shape index (κ1) is 10.5. The third-order valence-electron chi connectivity index (χ3n) is 2.28. The van der Waals surface area contributed by atoms with E-state index in [-0.39, 0.29) is 9.76 Å². The summed E-state index contributed by atoms with van der Waals surface area (Å²) in [5.74, 6) is 0.505. The van der Waals surface area contributed by atoms with E-state index in [4.69, 9.17) is 0 Å². The van der Waals surface area contributed by atoms with Crippen LogP contribution in [0.25, 0.3) is 0 Å². The van der Waals surface area contributed by atoms with Crippen LogP contribution in [0.3, 0.4) is 0 Å². The molecule has 0 saturated carbocycles. The Balaban J connectivity index is 3.21. The molecule has 1 aromatic carbocycles. The van der Waals surface area contributed by atoms with Gasteiger partial charge in [0.05, 0.1) is 0 Å². The van der Waals surface area contributed by atoms with Crippen molar-refractivity contribution in [3.8, 4) is 0 Å². The summed E-state index contributed by atoms with van der Waals surface area (Å²) in [6.07, 6.45) is 1.05. The minimum absolute atomic E-state index is 0.0789. The maximum Gasteiger partial charge on any atom is 0.265 e. The zero-order chi connectivity index (χ0) is 9.84. The molecule has 1 nitrogen and oxygen atoms in total. The fraction of sp³-hybridized carbons (Fsp3) is 0.455. The molecule has 0 saturated heterocycles. The molecule has 0 bridgehead atoms. The Hall–Kier alpha value is -0.603. The lowest BCUT2D eigenvalue weighted by Gasteiger charge is -2.14. The molecule has 0 fully saturated rings. The van der Waals surface area contributed by atoms with Crippen LogP contribution in [0.2, 0.25) is 0 Å². The Labute approximate surface area is 82.7 Å². The summed E-state index contributed by atoms with van der Waals surface area (Å²) >= 11 is 0. The third-order valence-corrected chi connectivity index (χ3v) is 2.95.